The van der Waals surface area contributed by atoms with E-state index in [1.165, 1.54) is 40.7 Å². The van der Waals surface area contributed by atoms with Crippen LogP contribution in [0.2, 0.25) is 0 Å². The highest BCUT2D eigenvalue weighted by Crippen LogP contribution is 2.47. The molecule has 1 nitrogen and oxygen atoms in total. The van der Waals surface area contributed by atoms with Crippen molar-refractivity contribution in [3.8, 4) is 0 Å². The fourth-order valence-corrected chi connectivity index (χ4v) is 3.56. The normalized spacial score (nSPS) is 19.0. The zero-order valence-electron chi connectivity index (χ0n) is 14.7. The summed E-state index contributed by atoms with van der Waals surface area (Å²) < 4.78 is 0. The summed E-state index contributed by atoms with van der Waals surface area (Å²) in [6.45, 7) is 15.9. The third-order valence-corrected chi connectivity index (χ3v) is 5.28. The molecule has 0 bridgehead atoms. The van der Waals surface area contributed by atoms with Crippen molar-refractivity contribution < 1.29 is 5.11 Å². The van der Waals surface area contributed by atoms with Gasteiger partial charge in [-0.1, -0.05) is 45.4 Å². The molecule has 1 heteroatoms. The first-order chi connectivity index (χ1) is 9.60. The average Bonchev–Trinajstić information content (AvgIpc) is 2.37. The molecular weight excluding hydrogens is 256 g/mol. The molecule has 21 heavy (non-hydrogen) atoms. The molecule has 0 unspecified atom stereocenters. The van der Waals surface area contributed by atoms with Crippen LogP contribution in [0.5, 0.6) is 0 Å². The summed E-state index contributed by atoms with van der Waals surface area (Å²) in [6.07, 6.45) is 2.46. The van der Waals surface area contributed by atoms with E-state index >= 15 is 0 Å². The predicted molar refractivity (Wildman–Crippen MR) is 91.8 cm³/mol. The van der Waals surface area contributed by atoms with Crippen LogP contribution in [-0.4, -0.2) is 11.7 Å². The van der Waals surface area contributed by atoms with E-state index in [4.69, 9.17) is 0 Å². The quantitative estimate of drug-likeness (QED) is 0.799. The van der Waals surface area contributed by atoms with Crippen LogP contribution < -0.4 is 0 Å². The lowest BCUT2D eigenvalue weighted by atomic mass is 9.62. The maximum Gasteiger partial charge on any atom is 0.0687 e. The molecule has 116 valence electrons. The Morgan fingerprint density at radius 3 is 1.90 bits per heavy atom. The molecule has 0 fully saturated rings. The lowest BCUT2D eigenvalue weighted by molar-refractivity contribution is 0.331. The van der Waals surface area contributed by atoms with Gasteiger partial charge in [-0.2, -0.15) is 0 Å². The summed E-state index contributed by atoms with van der Waals surface area (Å²) in [5.41, 5.74) is 8.21. The van der Waals surface area contributed by atoms with E-state index in [1.807, 2.05) is 0 Å². The first-order valence-electron chi connectivity index (χ1n) is 8.03. The third-order valence-electron chi connectivity index (χ3n) is 5.28. The van der Waals surface area contributed by atoms with Crippen molar-refractivity contribution in [2.24, 2.45) is 0 Å². The summed E-state index contributed by atoms with van der Waals surface area (Å²) >= 11 is 0. The fraction of sp³-hybridized carbons (Fsp3) is 0.600. The third kappa shape index (κ3) is 2.81. The molecule has 1 aliphatic rings. The van der Waals surface area contributed by atoms with Crippen LogP contribution in [0.25, 0.3) is 5.57 Å². The van der Waals surface area contributed by atoms with Gasteiger partial charge in [0.2, 0.25) is 0 Å². The summed E-state index contributed by atoms with van der Waals surface area (Å²) in [7, 11) is 0. The Kier molecular flexibility index (Phi) is 4.10. The van der Waals surface area contributed by atoms with Crippen molar-refractivity contribution in [1.29, 1.82) is 0 Å². The van der Waals surface area contributed by atoms with Crippen LogP contribution in [0.15, 0.2) is 17.7 Å². The molecule has 1 aliphatic carbocycles. The zero-order chi connectivity index (χ0) is 16.0. The van der Waals surface area contributed by atoms with Crippen molar-refractivity contribution >= 4 is 5.57 Å². The van der Waals surface area contributed by atoms with E-state index in [1.54, 1.807) is 0 Å². The number of aliphatic hydroxyl groups is 1. The molecule has 0 heterocycles. The second-order valence-corrected chi connectivity index (χ2v) is 8.12. The maximum absolute atomic E-state index is 9.75. The lowest BCUT2D eigenvalue weighted by Gasteiger charge is -2.42. The minimum absolute atomic E-state index is 0.117. The second kappa shape index (κ2) is 5.28. The minimum Gasteiger partial charge on any atom is -0.392 e. The Balaban J connectivity index is 2.74. The van der Waals surface area contributed by atoms with Crippen molar-refractivity contribution in [1.82, 2.24) is 0 Å². The topological polar surface area (TPSA) is 20.2 Å². The van der Waals surface area contributed by atoms with Crippen LogP contribution in [-0.2, 0) is 10.8 Å². The van der Waals surface area contributed by atoms with Gasteiger partial charge >= 0.3 is 0 Å². The number of allylic oxidation sites excluding steroid dienone is 1. The molecule has 0 aromatic heterocycles. The Morgan fingerprint density at radius 1 is 1.00 bits per heavy atom. The second-order valence-electron chi connectivity index (χ2n) is 8.12. The molecule has 0 saturated heterocycles. The van der Waals surface area contributed by atoms with Crippen molar-refractivity contribution in [2.45, 2.75) is 72.1 Å². The number of aliphatic hydroxyl groups excluding tert-OH is 1. The average molecular weight is 286 g/mol. The fourth-order valence-electron chi connectivity index (χ4n) is 3.56. The van der Waals surface area contributed by atoms with Gasteiger partial charge in [-0.3, -0.25) is 0 Å². The maximum atomic E-state index is 9.75. The molecule has 0 spiro atoms. The summed E-state index contributed by atoms with van der Waals surface area (Å²) in [5.74, 6) is 0. The van der Waals surface area contributed by atoms with E-state index in [-0.39, 0.29) is 17.4 Å². The van der Waals surface area contributed by atoms with Gasteiger partial charge in [0.1, 0.15) is 0 Å². The molecule has 0 atom stereocenters. The molecule has 0 saturated carbocycles. The number of aryl methyl sites for hydroxylation is 1. The Morgan fingerprint density at radius 2 is 1.48 bits per heavy atom. The first kappa shape index (κ1) is 16.3. The minimum atomic E-state index is 0.117. The highest BCUT2D eigenvalue weighted by Gasteiger charge is 2.37. The Labute approximate surface area is 130 Å². The highest BCUT2D eigenvalue weighted by atomic mass is 16.3. The number of hydrogen-bond donors (Lipinski definition) is 1. The van der Waals surface area contributed by atoms with Gasteiger partial charge in [0.15, 0.2) is 0 Å². The Bertz CT molecular complexity index is 584. The lowest BCUT2D eigenvalue weighted by Crippen LogP contribution is -2.34. The monoisotopic (exact) mass is 286 g/mol. The first-order valence-corrected chi connectivity index (χ1v) is 8.03. The SMILES string of the molecule is CC(C)=C(CO)c1cc2c(cc1C)C(C)(C)CCC2(C)C. The molecule has 0 radical (unpaired) electrons. The van der Waals surface area contributed by atoms with Gasteiger partial charge in [-0.05, 0) is 72.3 Å². The summed E-state index contributed by atoms with van der Waals surface area (Å²) in [6, 6.07) is 4.72. The predicted octanol–water partition coefficient (Wildman–Crippen LogP) is 5.13. The summed E-state index contributed by atoms with van der Waals surface area (Å²) in [5, 5.41) is 9.75. The van der Waals surface area contributed by atoms with Gasteiger partial charge in [0.05, 0.1) is 6.61 Å². The van der Waals surface area contributed by atoms with Crippen LogP contribution >= 0.6 is 0 Å². The van der Waals surface area contributed by atoms with Crippen LogP contribution in [0.4, 0.5) is 0 Å². The molecule has 1 aromatic carbocycles. The summed E-state index contributed by atoms with van der Waals surface area (Å²) in [4.78, 5) is 0. The number of fused-ring (bicyclic) bond motifs is 1. The Hall–Kier alpha value is -1.08. The molecule has 0 aliphatic heterocycles. The number of benzene rings is 1. The van der Waals surface area contributed by atoms with Crippen molar-refractivity contribution in [3.63, 3.8) is 0 Å². The number of rotatable bonds is 2. The number of hydrogen-bond acceptors (Lipinski definition) is 1. The van der Waals surface area contributed by atoms with Crippen LogP contribution in [0.1, 0.15) is 76.6 Å². The van der Waals surface area contributed by atoms with E-state index in [9.17, 15) is 5.11 Å². The molecule has 1 aromatic rings. The highest BCUT2D eigenvalue weighted by molar-refractivity contribution is 5.72. The van der Waals surface area contributed by atoms with Crippen LogP contribution in [0.3, 0.4) is 0 Å². The zero-order valence-corrected chi connectivity index (χ0v) is 14.7. The molecule has 2 rings (SSSR count). The standard InChI is InChI=1S/C20H30O/c1-13(2)16(12-21)15-11-18-17(10-14(15)3)19(4,5)8-9-20(18,6)7/h10-11,21H,8-9,12H2,1-7H3. The van der Waals surface area contributed by atoms with Crippen LogP contribution in [0, 0.1) is 6.92 Å². The van der Waals surface area contributed by atoms with E-state index in [0.717, 1.165) is 5.57 Å². The van der Waals surface area contributed by atoms with Crippen molar-refractivity contribution in [3.05, 3.63) is 40.0 Å². The van der Waals surface area contributed by atoms with Gasteiger partial charge in [-0.25, -0.2) is 0 Å². The van der Waals surface area contributed by atoms with Gasteiger partial charge in [0, 0.05) is 0 Å². The molecule has 1 N–H and O–H groups in total. The van der Waals surface area contributed by atoms with Gasteiger partial charge in [0.25, 0.3) is 0 Å². The molecular formula is C20H30O. The smallest absolute Gasteiger partial charge is 0.0687 e. The van der Waals surface area contributed by atoms with E-state index in [0.29, 0.717) is 0 Å². The molecule has 0 amide bonds. The largest absolute Gasteiger partial charge is 0.392 e. The van der Waals surface area contributed by atoms with Crippen molar-refractivity contribution in [2.75, 3.05) is 6.61 Å². The van der Waals surface area contributed by atoms with E-state index < -0.39 is 0 Å². The van der Waals surface area contributed by atoms with E-state index in [2.05, 4.69) is 60.6 Å². The van der Waals surface area contributed by atoms with Gasteiger partial charge in [-0.15, -0.1) is 0 Å². The van der Waals surface area contributed by atoms with Gasteiger partial charge < -0.3 is 5.11 Å².